The molecule has 2 nitrogen and oxygen atoms in total. The highest BCUT2D eigenvalue weighted by atomic mass is 16.3. The Balaban J connectivity index is 1.59. The van der Waals surface area contributed by atoms with E-state index in [-0.39, 0.29) is 0 Å². The Bertz CT molecular complexity index is 1970. The van der Waals surface area contributed by atoms with E-state index in [0.717, 1.165) is 77.6 Å². The van der Waals surface area contributed by atoms with Gasteiger partial charge in [-0.05, 0) is 28.6 Å². The zero-order valence-electron chi connectivity index (χ0n) is 21.7. The van der Waals surface area contributed by atoms with Crippen LogP contribution in [0.1, 0.15) is 0 Å². The second-order valence-electron chi connectivity index (χ2n) is 10.1. The molecule has 6 aromatic carbocycles. The zero-order valence-corrected chi connectivity index (χ0v) is 21.7. The first-order chi connectivity index (χ1) is 19.9. The summed E-state index contributed by atoms with van der Waals surface area (Å²) in [5.41, 5.74) is 8.27. The third-order valence-electron chi connectivity index (χ3n) is 7.69. The van der Waals surface area contributed by atoms with Crippen LogP contribution in [0.2, 0.25) is 0 Å². The van der Waals surface area contributed by atoms with Crippen LogP contribution in [-0.4, -0.2) is 0 Å². The van der Waals surface area contributed by atoms with E-state index in [2.05, 4.69) is 133 Å². The van der Waals surface area contributed by atoms with E-state index in [0.29, 0.717) is 0 Å². The van der Waals surface area contributed by atoms with E-state index in [1.807, 2.05) is 12.1 Å². The fourth-order valence-corrected chi connectivity index (χ4v) is 5.94. The second-order valence-corrected chi connectivity index (χ2v) is 10.1. The molecular weight excluding hydrogens is 488 g/mol. The largest absolute Gasteiger partial charge is 0.455 e. The van der Waals surface area contributed by atoms with Gasteiger partial charge in [0.05, 0.1) is 0 Å². The van der Waals surface area contributed by atoms with E-state index in [1.54, 1.807) is 0 Å². The highest BCUT2D eigenvalue weighted by Crippen LogP contribution is 2.49. The van der Waals surface area contributed by atoms with Crippen molar-refractivity contribution in [3.05, 3.63) is 146 Å². The fourth-order valence-electron chi connectivity index (χ4n) is 5.94. The maximum absolute atomic E-state index is 6.70. The average molecular weight is 513 g/mol. The Morgan fingerprint density at radius 1 is 0.300 bits per heavy atom. The molecule has 0 radical (unpaired) electrons. The zero-order chi connectivity index (χ0) is 26.5. The van der Waals surface area contributed by atoms with Crippen LogP contribution in [0.5, 0.6) is 0 Å². The van der Waals surface area contributed by atoms with E-state index in [4.69, 9.17) is 8.83 Å². The summed E-state index contributed by atoms with van der Waals surface area (Å²) in [6.07, 6.45) is 0. The topological polar surface area (TPSA) is 26.3 Å². The molecule has 0 saturated carbocycles. The predicted octanol–water partition coefficient (Wildman–Crippen LogP) is 11.0. The SMILES string of the molecule is c1ccc(-c2oc3ccc4ccc5oc(-c6ccccc6)c(-c6ccccc6)c5c4c3c2-c2ccccc2)cc1. The lowest BCUT2D eigenvalue weighted by Crippen LogP contribution is -1.85. The number of rotatable bonds is 4. The number of hydrogen-bond acceptors (Lipinski definition) is 2. The molecule has 0 unspecified atom stereocenters. The third kappa shape index (κ3) is 3.50. The number of benzene rings is 6. The second kappa shape index (κ2) is 9.14. The predicted molar refractivity (Wildman–Crippen MR) is 165 cm³/mol. The molecule has 0 atom stereocenters. The monoisotopic (exact) mass is 512 g/mol. The highest BCUT2D eigenvalue weighted by Gasteiger charge is 2.25. The molecule has 0 fully saturated rings. The van der Waals surface area contributed by atoms with E-state index in [9.17, 15) is 0 Å². The molecule has 2 aromatic heterocycles. The number of furan rings is 2. The molecule has 0 amide bonds. The van der Waals surface area contributed by atoms with Crippen LogP contribution in [0.4, 0.5) is 0 Å². The lowest BCUT2D eigenvalue weighted by molar-refractivity contribution is 0.632. The van der Waals surface area contributed by atoms with Crippen molar-refractivity contribution in [1.29, 1.82) is 0 Å². The van der Waals surface area contributed by atoms with Crippen molar-refractivity contribution in [1.82, 2.24) is 0 Å². The van der Waals surface area contributed by atoms with Gasteiger partial charge >= 0.3 is 0 Å². The summed E-state index contributed by atoms with van der Waals surface area (Å²) in [6.45, 7) is 0. The van der Waals surface area contributed by atoms with Crippen molar-refractivity contribution in [3.8, 4) is 44.9 Å². The molecule has 2 heteroatoms. The van der Waals surface area contributed by atoms with Gasteiger partial charge in [0, 0.05) is 38.4 Å². The molecular formula is C38H24O2. The summed E-state index contributed by atoms with van der Waals surface area (Å²) < 4.78 is 13.4. The van der Waals surface area contributed by atoms with Crippen LogP contribution in [0, 0.1) is 0 Å². The summed E-state index contributed by atoms with van der Waals surface area (Å²) in [4.78, 5) is 0. The number of fused-ring (bicyclic) bond motifs is 5. The molecule has 0 aliphatic rings. The van der Waals surface area contributed by atoms with Crippen molar-refractivity contribution in [2.75, 3.05) is 0 Å². The maximum atomic E-state index is 6.70. The van der Waals surface area contributed by atoms with Gasteiger partial charge in [-0.15, -0.1) is 0 Å². The molecule has 0 aliphatic heterocycles. The lowest BCUT2D eigenvalue weighted by atomic mass is 9.91. The Morgan fingerprint density at radius 2 is 0.650 bits per heavy atom. The van der Waals surface area contributed by atoms with E-state index in [1.165, 1.54) is 0 Å². The van der Waals surface area contributed by atoms with Crippen LogP contribution >= 0.6 is 0 Å². The first-order valence-electron chi connectivity index (χ1n) is 13.5. The van der Waals surface area contributed by atoms with Crippen molar-refractivity contribution in [2.24, 2.45) is 0 Å². The first kappa shape index (κ1) is 22.6. The van der Waals surface area contributed by atoms with Gasteiger partial charge in [-0.3, -0.25) is 0 Å². The summed E-state index contributed by atoms with van der Waals surface area (Å²) in [7, 11) is 0. The van der Waals surface area contributed by atoms with Gasteiger partial charge < -0.3 is 8.83 Å². The Hall–Kier alpha value is -5.34. The van der Waals surface area contributed by atoms with Crippen LogP contribution in [-0.2, 0) is 0 Å². The summed E-state index contributed by atoms with van der Waals surface area (Å²) in [5, 5.41) is 4.50. The molecule has 0 aliphatic carbocycles. The van der Waals surface area contributed by atoms with Gasteiger partial charge in [0.1, 0.15) is 22.7 Å². The van der Waals surface area contributed by atoms with E-state index >= 15 is 0 Å². The molecule has 40 heavy (non-hydrogen) atoms. The molecule has 8 aromatic rings. The third-order valence-corrected chi connectivity index (χ3v) is 7.69. The van der Waals surface area contributed by atoms with Crippen LogP contribution < -0.4 is 0 Å². The van der Waals surface area contributed by atoms with Gasteiger partial charge in [0.15, 0.2) is 0 Å². The average Bonchev–Trinajstić information content (AvgIpc) is 3.62. The molecule has 188 valence electrons. The van der Waals surface area contributed by atoms with E-state index < -0.39 is 0 Å². The minimum Gasteiger partial charge on any atom is -0.455 e. The summed E-state index contributed by atoms with van der Waals surface area (Å²) in [5.74, 6) is 1.75. The minimum absolute atomic E-state index is 0.860. The Kier molecular flexibility index (Phi) is 5.17. The van der Waals surface area contributed by atoms with Crippen LogP contribution in [0.25, 0.3) is 77.6 Å². The normalized spacial score (nSPS) is 11.5. The van der Waals surface area contributed by atoms with Gasteiger partial charge in [0.25, 0.3) is 0 Å². The fraction of sp³-hybridized carbons (Fsp3) is 0. The molecule has 0 spiro atoms. The van der Waals surface area contributed by atoms with Crippen molar-refractivity contribution >= 4 is 32.7 Å². The Morgan fingerprint density at radius 3 is 1.02 bits per heavy atom. The summed E-state index contributed by atoms with van der Waals surface area (Å²) >= 11 is 0. The lowest BCUT2D eigenvalue weighted by Gasteiger charge is -2.09. The quantitative estimate of drug-likeness (QED) is 0.234. The molecule has 0 saturated heterocycles. The number of hydrogen-bond donors (Lipinski definition) is 0. The van der Waals surface area contributed by atoms with Gasteiger partial charge in [-0.1, -0.05) is 133 Å². The highest BCUT2D eigenvalue weighted by molar-refractivity contribution is 6.28. The molecule has 8 rings (SSSR count). The summed E-state index contributed by atoms with van der Waals surface area (Å²) in [6, 6.07) is 50.4. The maximum Gasteiger partial charge on any atom is 0.143 e. The van der Waals surface area contributed by atoms with Crippen molar-refractivity contribution in [2.45, 2.75) is 0 Å². The van der Waals surface area contributed by atoms with Crippen molar-refractivity contribution in [3.63, 3.8) is 0 Å². The molecule has 2 heterocycles. The van der Waals surface area contributed by atoms with Crippen LogP contribution in [0.3, 0.4) is 0 Å². The van der Waals surface area contributed by atoms with Crippen LogP contribution in [0.15, 0.2) is 154 Å². The molecule has 0 N–H and O–H groups in total. The molecule has 0 bridgehead atoms. The standard InChI is InChI=1S/C38H24O2/c1-5-13-25(14-6-1)33-35-30(39-37(33)28-17-9-3-10-18-28)23-21-27-22-24-31-36(32(27)35)34(26-15-7-2-8-16-26)38(40-31)29-19-11-4-12-20-29/h1-24H. The van der Waals surface area contributed by atoms with Crippen molar-refractivity contribution < 1.29 is 8.83 Å². The first-order valence-corrected chi connectivity index (χ1v) is 13.5. The van der Waals surface area contributed by atoms with Gasteiger partial charge in [-0.25, -0.2) is 0 Å². The Labute approximate surface area is 231 Å². The minimum atomic E-state index is 0.860. The van der Waals surface area contributed by atoms with Gasteiger partial charge in [-0.2, -0.15) is 0 Å². The smallest absolute Gasteiger partial charge is 0.143 e. The van der Waals surface area contributed by atoms with Gasteiger partial charge in [0.2, 0.25) is 0 Å².